The van der Waals surface area contributed by atoms with Gasteiger partial charge < -0.3 is 0 Å². The molecule has 3 nitrogen and oxygen atoms in total. The lowest BCUT2D eigenvalue weighted by molar-refractivity contribution is 0.443. The lowest BCUT2D eigenvalue weighted by Gasteiger charge is -2.15. The molecule has 0 fully saturated rings. The first-order chi connectivity index (χ1) is 9.46. The van der Waals surface area contributed by atoms with Crippen molar-refractivity contribution in [3.63, 3.8) is 0 Å². The predicted molar refractivity (Wildman–Crippen MR) is 85.4 cm³/mol. The van der Waals surface area contributed by atoms with Gasteiger partial charge in [-0.05, 0) is 30.0 Å². The number of sulfonamides is 1. The van der Waals surface area contributed by atoms with Gasteiger partial charge in [0.05, 0.1) is 5.75 Å². The Morgan fingerprint density at radius 3 is 2.65 bits per heavy atom. The fraction of sp³-hybridized carbons (Fsp3) is 0.600. The molecular formula is C15H24ClNO2S. The van der Waals surface area contributed by atoms with Crippen LogP contribution in [-0.4, -0.2) is 15.0 Å². The lowest BCUT2D eigenvalue weighted by Crippen LogP contribution is -2.30. The number of hydrogen-bond donors (Lipinski definition) is 1. The first-order valence-corrected chi connectivity index (χ1v) is 9.21. The highest BCUT2D eigenvalue weighted by Crippen LogP contribution is 2.14. The molecule has 1 N–H and O–H groups in total. The summed E-state index contributed by atoms with van der Waals surface area (Å²) >= 11 is 5.87. The molecule has 1 rings (SSSR count). The minimum Gasteiger partial charge on any atom is -0.215 e. The molecule has 5 heteroatoms. The van der Waals surface area contributed by atoms with E-state index in [0.717, 1.165) is 25.7 Å². The highest BCUT2D eigenvalue weighted by Gasteiger charge is 2.14. The number of benzene rings is 1. The molecule has 0 saturated carbocycles. The summed E-state index contributed by atoms with van der Waals surface area (Å²) in [6.45, 7) is 4.78. The summed E-state index contributed by atoms with van der Waals surface area (Å²) in [7, 11) is -3.29. The van der Waals surface area contributed by atoms with E-state index in [0.29, 0.717) is 23.0 Å². The van der Waals surface area contributed by atoms with Gasteiger partial charge in [0.25, 0.3) is 0 Å². The molecule has 1 aromatic carbocycles. The summed E-state index contributed by atoms with van der Waals surface area (Å²) in [5, 5.41) is 0.562. The van der Waals surface area contributed by atoms with Crippen LogP contribution in [0, 0.1) is 5.92 Å². The van der Waals surface area contributed by atoms with Gasteiger partial charge in [0.2, 0.25) is 10.0 Å². The fourth-order valence-electron chi connectivity index (χ4n) is 2.09. The van der Waals surface area contributed by atoms with E-state index in [4.69, 9.17) is 11.6 Å². The van der Waals surface area contributed by atoms with Crippen LogP contribution in [0.3, 0.4) is 0 Å². The van der Waals surface area contributed by atoms with Gasteiger partial charge in [-0.1, -0.05) is 56.8 Å². The first-order valence-electron chi connectivity index (χ1n) is 7.18. The van der Waals surface area contributed by atoms with Crippen molar-refractivity contribution in [1.82, 2.24) is 4.72 Å². The summed E-state index contributed by atoms with van der Waals surface area (Å²) in [6.07, 6.45) is 4.37. The molecule has 0 aliphatic rings. The number of nitrogens with one attached hydrogen (secondary N) is 1. The van der Waals surface area contributed by atoms with Crippen molar-refractivity contribution in [2.24, 2.45) is 5.92 Å². The molecule has 0 unspecified atom stereocenters. The minimum absolute atomic E-state index is 0.0161. The monoisotopic (exact) mass is 317 g/mol. The third-order valence-electron chi connectivity index (χ3n) is 3.38. The molecule has 1 aromatic rings. The summed E-state index contributed by atoms with van der Waals surface area (Å²) in [4.78, 5) is 0. The molecule has 0 aliphatic heterocycles. The van der Waals surface area contributed by atoms with Crippen molar-refractivity contribution in [1.29, 1.82) is 0 Å². The Hall–Kier alpha value is -0.580. The normalized spacial score (nSPS) is 13.3. The van der Waals surface area contributed by atoms with E-state index < -0.39 is 10.0 Å². The van der Waals surface area contributed by atoms with Crippen LogP contribution < -0.4 is 4.72 Å². The molecular weight excluding hydrogens is 294 g/mol. The highest BCUT2D eigenvalue weighted by molar-refractivity contribution is 7.88. The van der Waals surface area contributed by atoms with Crippen molar-refractivity contribution in [2.45, 2.75) is 45.3 Å². The molecule has 20 heavy (non-hydrogen) atoms. The van der Waals surface area contributed by atoms with Crippen molar-refractivity contribution in [3.05, 3.63) is 34.9 Å². The van der Waals surface area contributed by atoms with Crippen molar-refractivity contribution in [3.8, 4) is 0 Å². The average Bonchev–Trinajstić information content (AvgIpc) is 2.38. The molecule has 0 heterocycles. The number of rotatable bonds is 9. The molecule has 0 aromatic heterocycles. The van der Waals surface area contributed by atoms with Crippen LogP contribution >= 0.6 is 11.6 Å². The third kappa shape index (κ3) is 6.73. The molecule has 0 spiro atoms. The largest absolute Gasteiger partial charge is 0.215 e. The standard InChI is InChI=1S/C15H24ClNO2S/c1-3-5-7-13(4-2)11-17-20(18,19)12-14-8-6-9-15(16)10-14/h6,8-10,13,17H,3-5,7,11-12H2,1-2H3/t13-/m0/s1. The van der Waals surface area contributed by atoms with Crippen molar-refractivity contribution < 1.29 is 8.42 Å². The van der Waals surface area contributed by atoms with Crippen LogP contribution in [0.25, 0.3) is 0 Å². The van der Waals surface area contributed by atoms with E-state index in [1.54, 1.807) is 24.3 Å². The van der Waals surface area contributed by atoms with Gasteiger partial charge in [0.15, 0.2) is 0 Å². The van der Waals surface area contributed by atoms with Crippen LogP contribution in [0.2, 0.25) is 5.02 Å². The number of hydrogen-bond acceptors (Lipinski definition) is 2. The Kier molecular flexibility index (Phi) is 7.56. The van der Waals surface area contributed by atoms with Crippen LogP contribution in [0.4, 0.5) is 0 Å². The van der Waals surface area contributed by atoms with Gasteiger partial charge in [-0.25, -0.2) is 13.1 Å². The Balaban J connectivity index is 2.52. The van der Waals surface area contributed by atoms with Gasteiger partial charge in [0, 0.05) is 11.6 Å². The quantitative estimate of drug-likeness (QED) is 0.749. The minimum atomic E-state index is -3.29. The Morgan fingerprint density at radius 2 is 2.05 bits per heavy atom. The van der Waals surface area contributed by atoms with Crippen LogP contribution in [0.1, 0.15) is 45.1 Å². The second-order valence-electron chi connectivity index (χ2n) is 5.15. The van der Waals surface area contributed by atoms with Crippen LogP contribution in [0.5, 0.6) is 0 Å². The Labute approximate surface area is 127 Å². The van der Waals surface area contributed by atoms with Gasteiger partial charge in [-0.15, -0.1) is 0 Å². The van der Waals surface area contributed by atoms with E-state index in [1.165, 1.54) is 0 Å². The van der Waals surface area contributed by atoms with Gasteiger partial charge in [-0.3, -0.25) is 0 Å². The number of halogens is 1. The maximum Gasteiger partial charge on any atom is 0.215 e. The molecule has 0 aliphatic carbocycles. The molecule has 114 valence electrons. The Bertz CT molecular complexity index is 502. The summed E-state index contributed by atoms with van der Waals surface area (Å²) in [5.41, 5.74) is 0.714. The van der Waals surface area contributed by atoms with Gasteiger partial charge in [0.1, 0.15) is 0 Å². The molecule has 0 saturated heterocycles. The maximum atomic E-state index is 12.1. The lowest BCUT2D eigenvalue weighted by atomic mass is 10.00. The Morgan fingerprint density at radius 1 is 1.30 bits per heavy atom. The average molecular weight is 318 g/mol. The van der Waals surface area contributed by atoms with E-state index in [9.17, 15) is 8.42 Å². The molecule has 0 bridgehead atoms. The van der Waals surface area contributed by atoms with E-state index in [2.05, 4.69) is 18.6 Å². The smallest absolute Gasteiger partial charge is 0.215 e. The van der Waals surface area contributed by atoms with E-state index >= 15 is 0 Å². The maximum absolute atomic E-state index is 12.1. The first kappa shape index (κ1) is 17.5. The highest BCUT2D eigenvalue weighted by atomic mass is 35.5. The van der Waals surface area contributed by atoms with Crippen molar-refractivity contribution >= 4 is 21.6 Å². The van der Waals surface area contributed by atoms with Crippen molar-refractivity contribution in [2.75, 3.05) is 6.54 Å². The molecule has 1 atom stereocenters. The molecule has 0 radical (unpaired) electrons. The van der Waals surface area contributed by atoms with Gasteiger partial charge >= 0.3 is 0 Å². The zero-order valence-electron chi connectivity index (χ0n) is 12.2. The van der Waals surface area contributed by atoms with E-state index in [-0.39, 0.29) is 5.75 Å². The zero-order valence-corrected chi connectivity index (χ0v) is 13.8. The zero-order chi connectivity index (χ0) is 15.0. The summed E-state index contributed by atoms with van der Waals surface area (Å²) in [5.74, 6) is 0.404. The van der Waals surface area contributed by atoms with Crippen LogP contribution in [0.15, 0.2) is 24.3 Å². The number of unbranched alkanes of at least 4 members (excludes halogenated alkanes) is 1. The second kappa shape index (κ2) is 8.65. The van der Waals surface area contributed by atoms with Crippen LogP contribution in [-0.2, 0) is 15.8 Å². The second-order valence-corrected chi connectivity index (χ2v) is 7.40. The summed E-state index contributed by atoms with van der Waals surface area (Å²) in [6, 6.07) is 6.97. The van der Waals surface area contributed by atoms with Gasteiger partial charge in [-0.2, -0.15) is 0 Å². The summed E-state index contributed by atoms with van der Waals surface area (Å²) < 4.78 is 26.8. The van der Waals surface area contributed by atoms with E-state index in [1.807, 2.05) is 0 Å². The topological polar surface area (TPSA) is 46.2 Å². The SMILES string of the molecule is CCCC[C@H](CC)CNS(=O)(=O)Cc1cccc(Cl)c1. The third-order valence-corrected chi connectivity index (χ3v) is 4.94. The predicted octanol–water partition coefficient (Wildman–Crippen LogP) is 3.98. The fourth-order valence-corrected chi connectivity index (χ4v) is 3.51. The molecule has 0 amide bonds.